The van der Waals surface area contributed by atoms with E-state index in [1.807, 2.05) is 6.07 Å². The van der Waals surface area contributed by atoms with E-state index in [1.54, 1.807) is 34.6 Å². The van der Waals surface area contributed by atoms with E-state index in [0.717, 1.165) is 18.4 Å². The van der Waals surface area contributed by atoms with Crippen LogP contribution in [0.15, 0.2) is 56.0 Å². The van der Waals surface area contributed by atoms with Crippen molar-refractivity contribution in [1.82, 2.24) is 4.31 Å². The van der Waals surface area contributed by atoms with Crippen LogP contribution in [0, 0.1) is 5.92 Å². The number of halogens is 1. The van der Waals surface area contributed by atoms with Crippen LogP contribution in [0.4, 0.5) is 11.4 Å². The van der Waals surface area contributed by atoms with Gasteiger partial charge >= 0.3 is 0 Å². The molecule has 1 N–H and O–H groups in total. The van der Waals surface area contributed by atoms with Crippen molar-refractivity contribution in [1.29, 1.82) is 0 Å². The maximum atomic E-state index is 12.8. The highest BCUT2D eigenvalue weighted by Crippen LogP contribution is 2.38. The maximum Gasteiger partial charge on any atom is 0.243 e. The van der Waals surface area contributed by atoms with Gasteiger partial charge in [0.2, 0.25) is 10.0 Å². The molecule has 1 fully saturated rings. The number of piperidine rings is 1. The Morgan fingerprint density at radius 3 is 2.31 bits per heavy atom. The van der Waals surface area contributed by atoms with E-state index in [2.05, 4.69) is 46.9 Å². The Labute approximate surface area is 180 Å². The van der Waals surface area contributed by atoms with E-state index in [9.17, 15) is 13.5 Å². The number of hydrogen-bond acceptors (Lipinski definition) is 5. The summed E-state index contributed by atoms with van der Waals surface area (Å²) in [6.07, 6.45) is 1.78. The standard InChI is InChI=1S/C21H26BrN3O3S/c1-14(2)16-12-19(22)21(26)20(13-16)24-23-17-4-6-18(7-5-17)29(27,28)25-10-8-15(3)9-11-25/h4-7,12-15,26H,8-11H2,1-3H3. The van der Waals surface area contributed by atoms with Gasteiger partial charge in [0.1, 0.15) is 5.69 Å². The number of nitrogens with zero attached hydrogens (tertiary/aromatic N) is 3. The summed E-state index contributed by atoms with van der Waals surface area (Å²) in [6.45, 7) is 7.39. The predicted octanol–water partition coefficient (Wildman–Crippen LogP) is 6.11. The fourth-order valence-corrected chi connectivity index (χ4v) is 5.12. The van der Waals surface area contributed by atoms with Gasteiger partial charge in [-0.3, -0.25) is 0 Å². The van der Waals surface area contributed by atoms with Crippen molar-refractivity contribution >= 4 is 37.3 Å². The number of rotatable bonds is 5. The van der Waals surface area contributed by atoms with E-state index in [4.69, 9.17) is 0 Å². The zero-order chi connectivity index (χ0) is 21.2. The first-order valence-corrected chi connectivity index (χ1v) is 12.0. The summed E-state index contributed by atoms with van der Waals surface area (Å²) in [5.74, 6) is 0.870. The zero-order valence-corrected chi connectivity index (χ0v) is 19.2. The van der Waals surface area contributed by atoms with Gasteiger partial charge in [0, 0.05) is 13.1 Å². The van der Waals surface area contributed by atoms with Crippen LogP contribution in [0.25, 0.3) is 0 Å². The minimum atomic E-state index is -3.48. The molecule has 6 nitrogen and oxygen atoms in total. The van der Waals surface area contributed by atoms with E-state index in [1.165, 1.54) is 0 Å². The number of azo groups is 1. The average Bonchev–Trinajstić information content (AvgIpc) is 2.69. The summed E-state index contributed by atoms with van der Waals surface area (Å²) >= 11 is 3.34. The molecule has 0 radical (unpaired) electrons. The molecule has 8 heteroatoms. The summed E-state index contributed by atoms with van der Waals surface area (Å²) in [4.78, 5) is 0.262. The summed E-state index contributed by atoms with van der Waals surface area (Å²) in [7, 11) is -3.48. The minimum Gasteiger partial charge on any atom is -0.505 e. The first-order valence-electron chi connectivity index (χ1n) is 9.73. The number of sulfonamides is 1. The Kier molecular flexibility index (Phi) is 6.76. The molecule has 3 rings (SSSR count). The SMILES string of the molecule is CC1CCN(S(=O)(=O)c2ccc(N=Nc3cc(C(C)C)cc(Br)c3O)cc2)CC1. The normalized spacial score (nSPS) is 16.7. The molecule has 2 aromatic rings. The predicted molar refractivity (Wildman–Crippen MR) is 118 cm³/mol. The highest BCUT2D eigenvalue weighted by molar-refractivity contribution is 9.10. The lowest BCUT2D eigenvalue weighted by molar-refractivity contribution is 0.288. The lowest BCUT2D eigenvalue weighted by Gasteiger charge is -2.29. The van der Waals surface area contributed by atoms with Gasteiger partial charge in [0.15, 0.2) is 5.75 Å². The van der Waals surface area contributed by atoms with Gasteiger partial charge in [-0.05, 0) is 82.6 Å². The third kappa shape index (κ3) is 5.05. The molecule has 0 atom stereocenters. The zero-order valence-electron chi connectivity index (χ0n) is 16.8. The van der Waals surface area contributed by atoms with E-state index < -0.39 is 10.0 Å². The van der Waals surface area contributed by atoms with Crippen LogP contribution in [0.5, 0.6) is 5.75 Å². The van der Waals surface area contributed by atoms with Crippen molar-refractivity contribution in [3.05, 3.63) is 46.4 Å². The lowest BCUT2D eigenvalue weighted by Crippen LogP contribution is -2.37. The second-order valence-corrected chi connectivity index (χ2v) is 10.6. The maximum absolute atomic E-state index is 12.8. The number of benzene rings is 2. The van der Waals surface area contributed by atoms with Crippen LogP contribution in [0.2, 0.25) is 0 Å². The first kappa shape index (κ1) is 21.9. The Balaban J connectivity index is 1.79. The van der Waals surface area contributed by atoms with Crippen LogP contribution >= 0.6 is 15.9 Å². The highest BCUT2D eigenvalue weighted by Gasteiger charge is 2.27. The van der Waals surface area contributed by atoms with E-state index in [-0.39, 0.29) is 16.6 Å². The van der Waals surface area contributed by atoms with Gasteiger partial charge in [-0.15, -0.1) is 5.11 Å². The second kappa shape index (κ2) is 8.93. The third-order valence-electron chi connectivity index (χ3n) is 5.22. The number of hydrogen-bond donors (Lipinski definition) is 1. The fourth-order valence-electron chi connectivity index (χ4n) is 3.19. The number of phenols is 1. The first-order chi connectivity index (χ1) is 13.7. The number of phenolic OH excluding ortho intramolecular Hbond substituents is 1. The molecule has 0 unspecified atom stereocenters. The van der Waals surface area contributed by atoms with Crippen molar-refractivity contribution < 1.29 is 13.5 Å². The summed E-state index contributed by atoms with van der Waals surface area (Å²) in [5.41, 5.74) is 1.91. The molecule has 29 heavy (non-hydrogen) atoms. The molecule has 1 aliphatic heterocycles. The van der Waals surface area contributed by atoms with E-state index >= 15 is 0 Å². The Hall–Kier alpha value is -1.77. The molecule has 0 saturated carbocycles. The molecule has 1 aliphatic rings. The van der Waals surface area contributed by atoms with Crippen molar-refractivity contribution in [2.75, 3.05) is 13.1 Å². The van der Waals surface area contributed by atoms with Crippen molar-refractivity contribution in [2.45, 2.75) is 44.4 Å². The van der Waals surface area contributed by atoms with Crippen LogP contribution in [0.1, 0.15) is 45.1 Å². The van der Waals surface area contributed by atoms with Gasteiger partial charge in [0.05, 0.1) is 15.1 Å². The van der Waals surface area contributed by atoms with Crippen LogP contribution in [0.3, 0.4) is 0 Å². The molecule has 156 valence electrons. The molecule has 1 heterocycles. The monoisotopic (exact) mass is 479 g/mol. The molecule has 1 saturated heterocycles. The molecule has 0 amide bonds. The smallest absolute Gasteiger partial charge is 0.243 e. The topological polar surface area (TPSA) is 82.3 Å². The summed E-state index contributed by atoms with van der Waals surface area (Å²) in [5, 5.41) is 18.5. The molecule has 0 aliphatic carbocycles. The van der Waals surface area contributed by atoms with Crippen molar-refractivity contribution in [2.24, 2.45) is 16.1 Å². The Morgan fingerprint density at radius 1 is 1.10 bits per heavy atom. The van der Waals surface area contributed by atoms with Crippen molar-refractivity contribution in [3.8, 4) is 5.75 Å². The highest BCUT2D eigenvalue weighted by atomic mass is 79.9. The summed E-state index contributed by atoms with van der Waals surface area (Å²) < 4.78 is 27.7. The summed E-state index contributed by atoms with van der Waals surface area (Å²) in [6, 6.07) is 10.0. The van der Waals surface area contributed by atoms with Crippen LogP contribution in [-0.2, 0) is 10.0 Å². The minimum absolute atomic E-state index is 0.0247. The largest absolute Gasteiger partial charge is 0.505 e. The quantitative estimate of drug-likeness (QED) is 0.524. The Bertz CT molecular complexity index is 997. The van der Waals surface area contributed by atoms with Crippen LogP contribution < -0.4 is 0 Å². The van der Waals surface area contributed by atoms with E-state index in [0.29, 0.717) is 34.9 Å². The molecule has 2 aromatic carbocycles. The van der Waals surface area contributed by atoms with Gasteiger partial charge in [0.25, 0.3) is 0 Å². The molecular weight excluding hydrogens is 454 g/mol. The number of aromatic hydroxyl groups is 1. The van der Waals surface area contributed by atoms with Gasteiger partial charge in [-0.25, -0.2) is 8.42 Å². The third-order valence-corrected chi connectivity index (χ3v) is 7.74. The van der Waals surface area contributed by atoms with Gasteiger partial charge in [-0.2, -0.15) is 9.42 Å². The fraction of sp³-hybridized carbons (Fsp3) is 0.429. The second-order valence-electron chi connectivity index (χ2n) is 7.81. The molecule has 0 bridgehead atoms. The Morgan fingerprint density at radius 2 is 1.72 bits per heavy atom. The van der Waals surface area contributed by atoms with Crippen molar-refractivity contribution in [3.63, 3.8) is 0 Å². The molecule has 0 spiro atoms. The molecular formula is C21H26BrN3O3S. The van der Waals surface area contributed by atoms with Gasteiger partial charge in [-0.1, -0.05) is 20.8 Å². The molecule has 0 aromatic heterocycles. The average molecular weight is 480 g/mol. The van der Waals surface area contributed by atoms with Gasteiger partial charge < -0.3 is 5.11 Å². The van der Waals surface area contributed by atoms with Crippen LogP contribution in [-0.4, -0.2) is 30.9 Å². The lowest BCUT2D eigenvalue weighted by atomic mass is 10.0.